The zero-order valence-electron chi connectivity index (χ0n) is 15.5. The molecule has 3 rings (SSSR count). The lowest BCUT2D eigenvalue weighted by molar-refractivity contribution is 0.600. The maximum atomic E-state index is 11.8. The first-order valence-corrected chi connectivity index (χ1v) is 10.8. The van der Waals surface area contributed by atoms with Crippen molar-refractivity contribution in [2.45, 2.75) is 26.3 Å². The minimum absolute atomic E-state index is 0.0449. The van der Waals surface area contributed by atoms with Crippen LogP contribution in [0.3, 0.4) is 0 Å². The van der Waals surface area contributed by atoms with Crippen LogP contribution in [0.1, 0.15) is 20.3 Å². The Bertz CT molecular complexity index is 853. The topological polar surface area (TPSA) is 75.2 Å². The van der Waals surface area contributed by atoms with Crippen molar-refractivity contribution < 1.29 is 8.42 Å². The van der Waals surface area contributed by atoms with Gasteiger partial charge in [-0.3, -0.25) is 0 Å². The van der Waals surface area contributed by atoms with E-state index in [0.717, 1.165) is 23.7 Å². The average Bonchev–Trinajstić information content (AvgIpc) is 2.99. The van der Waals surface area contributed by atoms with Crippen LogP contribution in [-0.2, 0) is 9.84 Å². The lowest BCUT2D eigenvalue weighted by Crippen LogP contribution is -2.33. The summed E-state index contributed by atoms with van der Waals surface area (Å²) in [6, 6.07) is 11.7. The van der Waals surface area contributed by atoms with Crippen molar-refractivity contribution in [1.82, 2.24) is 9.97 Å². The Morgan fingerprint density at radius 2 is 1.96 bits per heavy atom. The fourth-order valence-corrected chi connectivity index (χ4v) is 4.77. The standard InChI is InChI=1S/C19H26N4O2S/c1-14(2)12-20-17-11-18(23(3)16-9-10-26(24,25)13-16)22-19(21-17)15-7-5-4-6-8-15/h4-8,11,14,16H,9-10,12-13H2,1-3H3,(H,20,21,22). The summed E-state index contributed by atoms with van der Waals surface area (Å²) in [5, 5.41) is 3.36. The summed E-state index contributed by atoms with van der Waals surface area (Å²) >= 11 is 0. The highest BCUT2D eigenvalue weighted by Gasteiger charge is 2.31. The van der Waals surface area contributed by atoms with Gasteiger partial charge in [0.1, 0.15) is 11.6 Å². The van der Waals surface area contributed by atoms with Crippen LogP contribution in [0.2, 0.25) is 0 Å². The van der Waals surface area contributed by atoms with Gasteiger partial charge in [-0.15, -0.1) is 0 Å². The van der Waals surface area contributed by atoms with Gasteiger partial charge in [0.2, 0.25) is 0 Å². The van der Waals surface area contributed by atoms with Crippen LogP contribution in [-0.4, -0.2) is 49.5 Å². The molecular formula is C19H26N4O2S. The van der Waals surface area contributed by atoms with Crippen molar-refractivity contribution in [2.24, 2.45) is 5.92 Å². The number of sulfone groups is 1. The monoisotopic (exact) mass is 374 g/mol. The van der Waals surface area contributed by atoms with Crippen LogP contribution in [0, 0.1) is 5.92 Å². The van der Waals surface area contributed by atoms with Gasteiger partial charge >= 0.3 is 0 Å². The molecule has 6 nitrogen and oxygen atoms in total. The summed E-state index contributed by atoms with van der Waals surface area (Å²) in [7, 11) is -1.03. The Morgan fingerprint density at radius 1 is 1.23 bits per heavy atom. The molecule has 1 fully saturated rings. The molecule has 2 aromatic rings. The van der Waals surface area contributed by atoms with Crippen molar-refractivity contribution in [2.75, 3.05) is 35.3 Å². The number of nitrogens with one attached hydrogen (secondary N) is 1. The summed E-state index contributed by atoms with van der Waals surface area (Å²) < 4.78 is 23.7. The molecule has 1 unspecified atom stereocenters. The van der Waals surface area contributed by atoms with Crippen molar-refractivity contribution in [3.63, 3.8) is 0 Å². The molecule has 0 radical (unpaired) electrons. The van der Waals surface area contributed by atoms with Crippen molar-refractivity contribution >= 4 is 21.5 Å². The van der Waals surface area contributed by atoms with Crippen molar-refractivity contribution in [3.8, 4) is 11.4 Å². The molecule has 1 N–H and O–H groups in total. The van der Waals surface area contributed by atoms with Crippen molar-refractivity contribution in [3.05, 3.63) is 36.4 Å². The summed E-state index contributed by atoms with van der Waals surface area (Å²) in [6.07, 6.45) is 0.637. The second-order valence-corrected chi connectivity index (χ2v) is 9.47. The predicted molar refractivity (Wildman–Crippen MR) is 106 cm³/mol. The van der Waals surface area contributed by atoms with E-state index in [-0.39, 0.29) is 17.5 Å². The maximum absolute atomic E-state index is 11.8. The molecule has 1 atom stereocenters. The molecule has 0 saturated carbocycles. The molecule has 2 heterocycles. The van der Waals surface area contributed by atoms with Gasteiger partial charge in [0, 0.05) is 31.3 Å². The van der Waals surface area contributed by atoms with E-state index in [4.69, 9.17) is 4.98 Å². The van der Waals surface area contributed by atoms with Crippen LogP contribution in [0.4, 0.5) is 11.6 Å². The van der Waals surface area contributed by atoms with E-state index in [1.165, 1.54) is 0 Å². The zero-order chi connectivity index (χ0) is 18.7. The normalized spacial score (nSPS) is 18.8. The Morgan fingerprint density at radius 3 is 2.58 bits per heavy atom. The first kappa shape index (κ1) is 18.6. The summed E-state index contributed by atoms with van der Waals surface area (Å²) in [5.41, 5.74) is 0.939. The maximum Gasteiger partial charge on any atom is 0.163 e. The lowest BCUT2D eigenvalue weighted by Gasteiger charge is -2.25. The van der Waals surface area contributed by atoms with Gasteiger partial charge in [0.05, 0.1) is 11.5 Å². The quantitative estimate of drug-likeness (QED) is 0.838. The largest absolute Gasteiger partial charge is 0.370 e. The highest BCUT2D eigenvalue weighted by atomic mass is 32.2. The number of benzene rings is 1. The van der Waals surface area contributed by atoms with Crippen LogP contribution in [0.5, 0.6) is 0 Å². The molecule has 1 saturated heterocycles. The number of anilines is 2. The molecule has 1 aromatic carbocycles. The van der Waals surface area contributed by atoms with Crippen molar-refractivity contribution in [1.29, 1.82) is 0 Å². The Hall–Kier alpha value is -2.15. The predicted octanol–water partition coefficient (Wildman–Crippen LogP) is 2.83. The minimum Gasteiger partial charge on any atom is -0.370 e. The van der Waals surface area contributed by atoms with Gasteiger partial charge in [-0.1, -0.05) is 44.2 Å². The molecule has 26 heavy (non-hydrogen) atoms. The van der Waals surface area contributed by atoms with E-state index in [2.05, 4.69) is 24.1 Å². The molecule has 1 aromatic heterocycles. The molecule has 1 aliphatic heterocycles. The van der Waals surface area contributed by atoms with Crippen LogP contribution < -0.4 is 10.2 Å². The number of rotatable bonds is 6. The lowest BCUT2D eigenvalue weighted by atomic mass is 10.2. The molecule has 0 amide bonds. The Balaban J connectivity index is 1.94. The van der Waals surface area contributed by atoms with E-state index in [1.807, 2.05) is 48.3 Å². The van der Waals surface area contributed by atoms with E-state index in [0.29, 0.717) is 18.2 Å². The van der Waals surface area contributed by atoms with Crippen LogP contribution >= 0.6 is 0 Å². The third kappa shape index (κ3) is 4.52. The summed E-state index contributed by atoms with van der Waals surface area (Å²) in [6.45, 7) is 5.09. The third-order valence-electron chi connectivity index (χ3n) is 4.55. The van der Waals surface area contributed by atoms with Gasteiger partial charge in [-0.05, 0) is 12.3 Å². The molecule has 0 bridgehead atoms. The fraction of sp³-hybridized carbons (Fsp3) is 0.474. The smallest absolute Gasteiger partial charge is 0.163 e. The van der Waals surface area contributed by atoms with Crippen LogP contribution in [0.25, 0.3) is 11.4 Å². The molecular weight excluding hydrogens is 348 g/mol. The highest BCUT2D eigenvalue weighted by Crippen LogP contribution is 2.26. The number of aromatic nitrogens is 2. The second-order valence-electron chi connectivity index (χ2n) is 7.24. The van der Waals surface area contributed by atoms with E-state index >= 15 is 0 Å². The SMILES string of the molecule is CC(C)CNc1cc(N(C)C2CCS(=O)(=O)C2)nc(-c2ccccc2)n1. The molecule has 0 spiro atoms. The van der Waals surface area contributed by atoms with E-state index < -0.39 is 9.84 Å². The van der Waals surface area contributed by atoms with Gasteiger partial charge in [0.15, 0.2) is 15.7 Å². The fourth-order valence-electron chi connectivity index (χ4n) is 3.00. The average molecular weight is 375 g/mol. The first-order chi connectivity index (χ1) is 12.3. The molecule has 7 heteroatoms. The molecule has 1 aliphatic rings. The van der Waals surface area contributed by atoms with E-state index in [1.54, 1.807) is 0 Å². The third-order valence-corrected chi connectivity index (χ3v) is 6.30. The Kier molecular flexibility index (Phi) is 5.46. The first-order valence-electron chi connectivity index (χ1n) is 8.96. The van der Waals surface area contributed by atoms with Gasteiger partial charge < -0.3 is 10.2 Å². The van der Waals surface area contributed by atoms with Gasteiger partial charge in [-0.25, -0.2) is 18.4 Å². The molecule has 140 valence electrons. The van der Waals surface area contributed by atoms with Gasteiger partial charge in [0.25, 0.3) is 0 Å². The summed E-state index contributed by atoms with van der Waals surface area (Å²) in [5.74, 6) is 3.07. The zero-order valence-corrected chi connectivity index (χ0v) is 16.3. The number of hydrogen-bond acceptors (Lipinski definition) is 6. The number of nitrogens with zero attached hydrogens (tertiary/aromatic N) is 3. The highest BCUT2D eigenvalue weighted by molar-refractivity contribution is 7.91. The molecule has 0 aliphatic carbocycles. The summed E-state index contributed by atoms with van der Waals surface area (Å²) in [4.78, 5) is 11.3. The van der Waals surface area contributed by atoms with Crippen LogP contribution in [0.15, 0.2) is 36.4 Å². The minimum atomic E-state index is -2.94. The van der Waals surface area contributed by atoms with E-state index in [9.17, 15) is 8.42 Å². The Labute approximate surface area is 155 Å². The second kappa shape index (κ2) is 7.61. The van der Waals surface area contributed by atoms with Gasteiger partial charge in [-0.2, -0.15) is 0 Å². The number of hydrogen-bond donors (Lipinski definition) is 1.